The molecule has 1 fully saturated rings. The number of nitrogens with zero attached hydrogens (tertiary/aromatic N) is 1. The van der Waals surface area contributed by atoms with Crippen molar-refractivity contribution in [1.82, 2.24) is 4.90 Å². The number of nitrogens with one attached hydrogen (secondary N) is 2. The van der Waals surface area contributed by atoms with Crippen molar-refractivity contribution in [2.75, 3.05) is 23.5 Å². The molecular formula is C24H30N4O3. The zero-order valence-corrected chi connectivity index (χ0v) is 18.3. The fraction of sp³-hybridized carbons (Fsp3) is 0.417. The van der Waals surface area contributed by atoms with Crippen LogP contribution in [-0.2, 0) is 11.3 Å². The summed E-state index contributed by atoms with van der Waals surface area (Å²) in [4.78, 5) is 27.4. The van der Waals surface area contributed by atoms with Gasteiger partial charge in [0.05, 0.1) is 25.0 Å². The summed E-state index contributed by atoms with van der Waals surface area (Å²) in [5.74, 6) is 0.733. The van der Waals surface area contributed by atoms with E-state index in [0.717, 1.165) is 59.5 Å². The van der Waals surface area contributed by atoms with E-state index in [4.69, 9.17) is 10.5 Å². The van der Waals surface area contributed by atoms with Gasteiger partial charge in [0.2, 0.25) is 5.91 Å². The molecular weight excluding hydrogens is 392 g/mol. The Morgan fingerprint density at radius 3 is 2.55 bits per heavy atom. The normalized spacial score (nSPS) is 20.6. The number of fused-ring (bicyclic) bond motifs is 1. The van der Waals surface area contributed by atoms with Crippen molar-refractivity contribution in [3.8, 4) is 5.75 Å². The van der Waals surface area contributed by atoms with E-state index in [-0.39, 0.29) is 23.9 Å². The van der Waals surface area contributed by atoms with Gasteiger partial charge in [-0.25, -0.2) is 4.79 Å². The van der Waals surface area contributed by atoms with E-state index in [0.29, 0.717) is 12.2 Å². The average Bonchev–Trinajstić information content (AvgIpc) is 2.77. The van der Waals surface area contributed by atoms with Crippen molar-refractivity contribution >= 4 is 29.0 Å². The van der Waals surface area contributed by atoms with Gasteiger partial charge in [0.25, 0.3) is 0 Å². The fourth-order valence-corrected chi connectivity index (χ4v) is 4.63. The Hall–Kier alpha value is -3.22. The van der Waals surface area contributed by atoms with Crippen LogP contribution in [0.3, 0.4) is 0 Å². The number of nitrogen functional groups attached to an aromatic ring is 1. The van der Waals surface area contributed by atoms with Crippen LogP contribution in [0, 0.1) is 19.8 Å². The maximum Gasteiger partial charge on any atom is 0.322 e. The highest BCUT2D eigenvalue weighted by Gasteiger charge is 2.35. The minimum atomic E-state index is -0.107. The van der Waals surface area contributed by atoms with Gasteiger partial charge in [0.15, 0.2) is 0 Å². The molecule has 1 heterocycles. The summed E-state index contributed by atoms with van der Waals surface area (Å²) >= 11 is 0. The van der Waals surface area contributed by atoms with Gasteiger partial charge in [-0.05, 0) is 62.8 Å². The van der Waals surface area contributed by atoms with E-state index in [2.05, 4.69) is 10.6 Å². The Morgan fingerprint density at radius 1 is 1.13 bits per heavy atom. The van der Waals surface area contributed by atoms with Crippen LogP contribution < -0.4 is 21.1 Å². The van der Waals surface area contributed by atoms with E-state index < -0.39 is 0 Å². The number of benzene rings is 2. The molecule has 1 aliphatic heterocycles. The highest BCUT2D eigenvalue weighted by Crippen LogP contribution is 2.36. The Kier molecular flexibility index (Phi) is 5.76. The van der Waals surface area contributed by atoms with Crippen LogP contribution in [0.2, 0.25) is 0 Å². The number of rotatable bonds is 4. The lowest BCUT2D eigenvalue weighted by Gasteiger charge is -2.39. The molecule has 31 heavy (non-hydrogen) atoms. The number of nitrogens with two attached hydrogens (primary N) is 1. The highest BCUT2D eigenvalue weighted by molar-refractivity contribution is 5.96. The van der Waals surface area contributed by atoms with Gasteiger partial charge in [-0.2, -0.15) is 0 Å². The molecule has 2 aromatic rings. The maximum absolute atomic E-state index is 12.8. The van der Waals surface area contributed by atoms with Crippen molar-refractivity contribution in [1.29, 1.82) is 0 Å². The Labute approximate surface area is 182 Å². The molecule has 7 heteroatoms. The predicted molar refractivity (Wildman–Crippen MR) is 122 cm³/mol. The summed E-state index contributed by atoms with van der Waals surface area (Å²) in [7, 11) is 1.63. The van der Waals surface area contributed by atoms with Crippen LogP contribution in [0.25, 0.3) is 0 Å². The summed E-state index contributed by atoms with van der Waals surface area (Å²) in [6, 6.07) is 9.52. The number of hydrogen-bond donors (Lipinski definition) is 3. The number of amides is 3. The lowest BCUT2D eigenvalue weighted by molar-refractivity contribution is -0.121. The van der Waals surface area contributed by atoms with Crippen LogP contribution in [0.4, 0.5) is 21.9 Å². The molecule has 1 aliphatic carbocycles. The van der Waals surface area contributed by atoms with E-state index in [1.54, 1.807) is 7.11 Å². The molecule has 0 bridgehead atoms. The molecule has 2 aliphatic rings. The van der Waals surface area contributed by atoms with Crippen LogP contribution in [-0.4, -0.2) is 30.0 Å². The first-order valence-electron chi connectivity index (χ1n) is 10.8. The summed E-state index contributed by atoms with van der Waals surface area (Å²) < 4.78 is 5.34. The van der Waals surface area contributed by atoms with Crippen molar-refractivity contribution in [3.63, 3.8) is 0 Å². The van der Waals surface area contributed by atoms with Crippen molar-refractivity contribution in [2.45, 2.75) is 52.1 Å². The van der Waals surface area contributed by atoms with Gasteiger partial charge in [0, 0.05) is 29.3 Å². The summed E-state index contributed by atoms with van der Waals surface area (Å²) in [6.45, 7) is 4.56. The number of carbonyl (C=O) groups is 2. The third kappa shape index (κ3) is 4.17. The molecule has 0 saturated heterocycles. The summed E-state index contributed by atoms with van der Waals surface area (Å²) in [5, 5.41) is 5.99. The number of hydrogen-bond acceptors (Lipinski definition) is 4. The smallest absolute Gasteiger partial charge is 0.322 e. The topological polar surface area (TPSA) is 96.7 Å². The number of ether oxygens (including phenoxy) is 1. The second kappa shape index (κ2) is 8.49. The number of urea groups is 1. The molecule has 0 aromatic heterocycles. The van der Waals surface area contributed by atoms with Gasteiger partial charge in [0.1, 0.15) is 5.75 Å². The zero-order chi connectivity index (χ0) is 22.1. The second-order valence-corrected chi connectivity index (χ2v) is 8.56. The van der Waals surface area contributed by atoms with Gasteiger partial charge in [-0.3, -0.25) is 4.79 Å². The van der Waals surface area contributed by atoms with E-state index in [1.807, 2.05) is 49.1 Å². The first-order valence-corrected chi connectivity index (χ1v) is 10.8. The van der Waals surface area contributed by atoms with Gasteiger partial charge < -0.3 is 26.0 Å². The zero-order valence-electron chi connectivity index (χ0n) is 18.3. The summed E-state index contributed by atoms with van der Waals surface area (Å²) in [5.41, 5.74) is 11.4. The lowest BCUT2D eigenvalue weighted by atomic mass is 9.84. The van der Waals surface area contributed by atoms with E-state index >= 15 is 0 Å². The molecule has 7 nitrogen and oxygen atoms in total. The first-order chi connectivity index (χ1) is 14.9. The SMILES string of the molecule is COc1cc(NC(=O)C2CCC(N3Cc4c(C)ccc(N)c4NC3=O)CC2)ccc1C. The Balaban J connectivity index is 1.38. The average molecular weight is 423 g/mol. The molecule has 4 N–H and O–H groups in total. The minimum Gasteiger partial charge on any atom is -0.496 e. The van der Waals surface area contributed by atoms with Crippen LogP contribution >= 0.6 is 0 Å². The molecule has 0 atom stereocenters. The molecule has 3 amide bonds. The molecule has 0 unspecified atom stereocenters. The molecule has 1 saturated carbocycles. The third-order valence-corrected chi connectivity index (χ3v) is 6.58. The Morgan fingerprint density at radius 2 is 1.84 bits per heavy atom. The van der Waals surface area contributed by atoms with Crippen molar-refractivity contribution in [3.05, 3.63) is 47.0 Å². The van der Waals surface area contributed by atoms with Gasteiger partial charge in [-0.15, -0.1) is 0 Å². The second-order valence-electron chi connectivity index (χ2n) is 8.56. The van der Waals surface area contributed by atoms with E-state index in [9.17, 15) is 9.59 Å². The minimum absolute atomic E-state index is 0.0291. The van der Waals surface area contributed by atoms with E-state index in [1.165, 1.54) is 0 Å². The van der Waals surface area contributed by atoms with Crippen LogP contribution in [0.5, 0.6) is 5.75 Å². The number of methoxy groups -OCH3 is 1. The standard InChI is InChI=1S/C24H30N4O3/c1-14-5-11-20(25)22-19(14)13-28(24(30)27-22)18-9-6-16(7-10-18)23(29)26-17-8-4-15(2)21(12-17)31-3/h4-5,8,11-12,16,18H,6-7,9-10,13,25H2,1-3H3,(H,26,29)(H,27,30). The van der Waals surface area contributed by atoms with Gasteiger partial charge >= 0.3 is 6.03 Å². The molecule has 164 valence electrons. The first kappa shape index (κ1) is 21.0. The molecule has 0 spiro atoms. The third-order valence-electron chi connectivity index (χ3n) is 6.58. The fourth-order valence-electron chi connectivity index (χ4n) is 4.63. The molecule has 2 aromatic carbocycles. The van der Waals surface area contributed by atoms with Crippen LogP contribution in [0.15, 0.2) is 30.3 Å². The predicted octanol–water partition coefficient (Wildman–Crippen LogP) is 4.44. The summed E-state index contributed by atoms with van der Waals surface area (Å²) in [6.07, 6.45) is 3.12. The lowest BCUT2D eigenvalue weighted by Crippen LogP contribution is -2.47. The number of carbonyl (C=O) groups excluding carboxylic acids is 2. The highest BCUT2D eigenvalue weighted by atomic mass is 16.5. The Bertz CT molecular complexity index is 1010. The largest absolute Gasteiger partial charge is 0.496 e. The molecule has 4 rings (SSSR count). The monoisotopic (exact) mass is 422 g/mol. The van der Waals surface area contributed by atoms with Crippen molar-refractivity contribution in [2.24, 2.45) is 5.92 Å². The number of anilines is 3. The molecule has 0 radical (unpaired) electrons. The number of aryl methyl sites for hydroxylation is 2. The van der Waals surface area contributed by atoms with Crippen LogP contribution in [0.1, 0.15) is 42.4 Å². The maximum atomic E-state index is 12.8. The van der Waals surface area contributed by atoms with Crippen molar-refractivity contribution < 1.29 is 14.3 Å². The quantitative estimate of drug-likeness (QED) is 0.635. The van der Waals surface area contributed by atoms with Gasteiger partial charge in [-0.1, -0.05) is 12.1 Å².